The third-order valence-electron chi connectivity index (χ3n) is 4.50. The molecule has 2 atom stereocenters. The van der Waals surface area contributed by atoms with Crippen LogP contribution in [0.15, 0.2) is 12.4 Å². The average Bonchev–Trinajstić information content (AvgIpc) is 2.82. The van der Waals surface area contributed by atoms with Gasteiger partial charge >= 0.3 is 0 Å². The molecular formula is C15H29N5. The minimum Gasteiger partial charge on any atom is -0.335 e. The molecule has 0 saturated carbocycles. The maximum Gasteiger partial charge on any atom is 0.110 e. The minimum atomic E-state index is 0.438. The fourth-order valence-electron chi connectivity index (χ4n) is 3.19. The molecule has 2 unspecified atom stereocenters. The Morgan fingerprint density at radius 1 is 1.40 bits per heavy atom. The molecule has 0 radical (unpaired) electrons. The molecule has 0 amide bonds. The summed E-state index contributed by atoms with van der Waals surface area (Å²) in [7, 11) is 6.55. The molecule has 1 aromatic rings. The van der Waals surface area contributed by atoms with Gasteiger partial charge in [0.1, 0.15) is 5.82 Å². The van der Waals surface area contributed by atoms with E-state index in [1.165, 1.54) is 25.3 Å². The average molecular weight is 279 g/mol. The molecule has 2 rings (SSSR count). The Morgan fingerprint density at radius 2 is 2.20 bits per heavy atom. The van der Waals surface area contributed by atoms with Crippen molar-refractivity contribution in [3.05, 3.63) is 18.2 Å². The standard InChI is InChI=1S/C15H29N5/c1-5-20-10-7-17-15(20)11-13(16-2)14-12-18(3)8-6-9-19(14)4/h7,10,13-14,16H,5-6,8-9,11-12H2,1-4H3. The van der Waals surface area contributed by atoms with Gasteiger partial charge in [-0.25, -0.2) is 4.98 Å². The van der Waals surface area contributed by atoms with Crippen LogP contribution in [0.1, 0.15) is 19.2 Å². The summed E-state index contributed by atoms with van der Waals surface area (Å²) in [6, 6.07) is 0.975. The molecule has 0 aliphatic carbocycles. The van der Waals surface area contributed by atoms with Gasteiger partial charge < -0.3 is 19.7 Å². The molecule has 1 fully saturated rings. The molecule has 1 aromatic heterocycles. The molecule has 1 saturated heterocycles. The van der Waals surface area contributed by atoms with Crippen LogP contribution >= 0.6 is 0 Å². The smallest absolute Gasteiger partial charge is 0.110 e. The number of nitrogens with one attached hydrogen (secondary N) is 1. The van der Waals surface area contributed by atoms with E-state index in [9.17, 15) is 0 Å². The molecule has 0 aromatic carbocycles. The summed E-state index contributed by atoms with van der Waals surface area (Å²) in [5.41, 5.74) is 0. The summed E-state index contributed by atoms with van der Waals surface area (Å²) in [6.45, 7) is 6.66. The summed E-state index contributed by atoms with van der Waals surface area (Å²) in [5.74, 6) is 1.19. The Kier molecular flexibility index (Phi) is 5.57. The molecule has 5 heteroatoms. The summed E-state index contributed by atoms with van der Waals surface area (Å²) in [4.78, 5) is 9.48. The fourth-order valence-corrected chi connectivity index (χ4v) is 3.19. The lowest BCUT2D eigenvalue weighted by molar-refractivity contribution is 0.179. The van der Waals surface area contributed by atoms with Crippen molar-refractivity contribution in [2.45, 2.75) is 38.4 Å². The van der Waals surface area contributed by atoms with Gasteiger partial charge in [-0.3, -0.25) is 0 Å². The molecule has 0 bridgehead atoms. The molecule has 0 spiro atoms. The Labute approximate surface area is 123 Å². The van der Waals surface area contributed by atoms with Gasteiger partial charge in [-0.05, 0) is 47.6 Å². The zero-order chi connectivity index (χ0) is 14.5. The Morgan fingerprint density at radius 3 is 2.90 bits per heavy atom. The van der Waals surface area contributed by atoms with Crippen LogP contribution in [-0.4, -0.2) is 72.2 Å². The van der Waals surface area contributed by atoms with Crippen molar-refractivity contribution in [2.75, 3.05) is 40.8 Å². The Balaban J connectivity index is 2.09. The third-order valence-corrected chi connectivity index (χ3v) is 4.50. The van der Waals surface area contributed by atoms with Gasteiger partial charge in [0.15, 0.2) is 0 Å². The van der Waals surface area contributed by atoms with Crippen LogP contribution in [0.3, 0.4) is 0 Å². The fraction of sp³-hybridized carbons (Fsp3) is 0.800. The zero-order valence-electron chi connectivity index (χ0n) is 13.3. The first-order valence-electron chi connectivity index (χ1n) is 7.71. The minimum absolute atomic E-state index is 0.438. The molecule has 20 heavy (non-hydrogen) atoms. The summed E-state index contributed by atoms with van der Waals surface area (Å²) in [5, 5.41) is 3.52. The Hall–Kier alpha value is -0.910. The van der Waals surface area contributed by atoms with Gasteiger partial charge in [-0.1, -0.05) is 0 Å². The number of rotatable bonds is 5. The number of aryl methyl sites for hydroxylation is 1. The molecule has 1 N–H and O–H groups in total. The van der Waals surface area contributed by atoms with Crippen LogP contribution in [0.2, 0.25) is 0 Å². The van der Waals surface area contributed by atoms with Crippen molar-refractivity contribution in [1.29, 1.82) is 0 Å². The monoisotopic (exact) mass is 279 g/mol. The van der Waals surface area contributed by atoms with Crippen LogP contribution in [-0.2, 0) is 13.0 Å². The predicted molar refractivity (Wildman–Crippen MR) is 83.0 cm³/mol. The number of likely N-dealkylation sites (N-methyl/N-ethyl adjacent to an activating group) is 3. The highest BCUT2D eigenvalue weighted by Crippen LogP contribution is 2.14. The van der Waals surface area contributed by atoms with Gasteiger partial charge in [-0.15, -0.1) is 0 Å². The van der Waals surface area contributed by atoms with Gasteiger partial charge in [0.25, 0.3) is 0 Å². The summed E-state index contributed by atoms with van der Waals surface area (Å²) < 4.78 is 2.24. The highest BCUT2D eigenvalue weighted by molar-refractivity contribution is 4.99. The first-order chi connectivity index (χ1) is 9.65. The van der Waals surface area contributed by atoms with E-state index in [2.05, 4.69) is 58.9 Å². The number of hydrogen-bond acceptors (Lipinski definition) is 4. The normalized spacial score (nSPS) is 23.7. The van der Waals surface area contributed by atoms with Crippen LogP contribution in [0, 0.1) is 0 Å². The molecule has 114 valence electrons. The largest absolute Gasteiger partial charge is 0.335 e. The van der Waals surface area contributed by atoms with E-state index >= 15 is 0 Å². The van der Waals surface area contributed by atoms with Crippen molar-refractivity contribution >= 4 is 0 Å². The number of hydrogen-bond donors (Lipinski definition) is 1. The van der Waals surface area contributed by atoms with Crippen LogP contribution in [0.5, 0.6) is 0 Å². The lowest BCUT2D eigenvalue weighted by atomic mass is 10.0. The molecule has 2 heterocycles. The quantitative estimate of drug-likeness (QED) is 0.859. The van der Waals surface area contributed by atoms with E-state index < -0.39 is 0 Å². The van der Waals surface area contributed by atoms with Crippen LogP contribution in [0.4, 0.5) is 0 Å². The van der Waals surface area contributed by atoms with Crippen LogP contribution in [0.25, 0.3) is 0 Å². The van der Waals surface area contributed by atoms with E-state index in [0.29, 0.717) is 12.1 Å². The second-order valence-corrected chi connectivity index (χ2v) is 5.89. The van der Waals surface area contributed by atoms with Gasteiger partial charge in [0, 0.05) is 44.0 Å². The van der Waals surface area contributed by atoms with Gasteiger partial charge in [0.2, 0.25) is 0 Å². The van der Waals surface area contributed by atoms with E-state index in [-0.39, 0.29) is 0 Å². The maximum absolute atomic E-state index is 4.53. The van der Waals surface area contributed by atoms with Crippen molar-refractivity contribution in [1.82, 2.24) is 24.7 Å². The van der Waals surface area contributed by atoms with Crippen molar-refractivity contribution in [3.8, 4) is 0 Å². The highest BCUT2D eigenvalue weighted by Gasteiger charge is 2.28. The van der Waals surface area contributed by atoms with E-state index in [0.717, 1.165) is 19.5 Å². The first-order valence-corrected chi connectivity index (χ1v) is 7.71. The molecule has 1 aliphatic rings. The maximum atomic E-state index is 4.53. The zero-order valence-corrected chi connectivity index (χ0v) is 13.3. The van der Waals surface area contributed by atoms with E-state index in [1.807, 2.05) is 6.20 Å². The Bertz CT molecular complexity index is 403. The number of aromatic nitrogens is 2. The SMILES string of the molecule is CCn1ccnc1CC(NC)C1CN(C)CCCN1C. The van der Waals surface area contributed by atoms with Gasteiger partial charge in [0.05, 0.1) is 0 Å². The number of imidazole rings is 1. The third kappa shape index (κ3) is 3.59. The van der Waals surface area contributed by atoms with Gasteiger partial charge in [-0.2, -0.15) is 0 Å². The first kappa shape index (κ1) is 15.5. The lowest BCUT2D eigenvalue weighted by Crippen LogP contribution is -2.52. The predicted octanol–water partition coefficient (Wildman–Crippen LogP) is 0.669. The second kappa shape index (κ2) is 7.20. The molecule has 1 aliphatic heterocycles. The molecule has 5 nitrogen and oxygen atoms in total. The topological polar surface area (TPSA) is 36.3 Å². The number of nitrogens with zero attached hydrogens (tertiary/aromatic N) is 4. The van der Waals surface area contributed by atoms with Crippen molar-refractivity contribution in [3.63, 3.8) is 0 Å². The van der Waals surface area contributed by atoms with Crippen molar-refractivity contribution < 1.29 is 0 Å². The van der Waals surface area contributed by atoms with Crippen LogP contribution < -0.4 is 5.32 Å². The molecular weight excluding hydrogens is 250 g/mol. The lowest BCUT2D eigenvalue weighted by Gasteiger charge is -2.34. The van der Waals surface area contributed by atoms with E-state index in [1.54, 1.807) is 0 Å². The second-order valence-electron chi connectivity index (χ2n) is 5.89. The van der Waals surface area contributed by atoms with E-state index in [4.69, 9.17) is 0 Å². The summed E-state index contributed by atoms with van der Waals surface area (Å²) in [6.07, 6.45) is 6.23. The highest BCUT2D eigenvalue weighted by atomic mass is 15.2. The van der Waals surface area contributed by atoms with Crippen molar-refractivity contribution in [2.24, 2.45) is 0 Å². The summed E-state index contributed by atoms with van der Waals surface area (Å²) >= 11 is 0.